The summed E-state index contributed by atoms with van der Waals surface area (Å²) in [4.78, 5) is 27.4. The van der Waals surface area contributed by atoms with Crippen LogP contribution in [0.1, 0.15) is 10.5 Å². The molecule has 0 saturated carbocycles. The molecule has 0 bridgehead atoms. The Labute approximate surface area is 137 Å². The van der Waals surface area contributed by atoms with Crippen LogP contribution in [0.2, 0.25) is 10.0 Å². The largest absolute Gasteiger partial charge is 0.468 e. The van der Waals surface area contributed by atoms with Gasteiger partial charge in [0.05, 0.1) is 12.1 Å². The molecule has 5 nitrogen and oxygen atoms in total. The summed E-state index contributed by atoms with van der Waals surface area (Å²) in [5.41, 5.74) is 1.37. The van der Waals surface area contributed by atoms with Crippen molar-refractivity contribution in [1.29, 1.82) is 0 Å². The van der Waals surface area contributed by atoms with E-state index in [0.717, 1.165) is 0 Å². The molecule has 0 fully saturated rings. The van der Waals surface area contributed by atoms with E-state index in [1.54, 1.807) is 30.3 Å². The predicted octanol–water partition coefficient (Wildman–Crippen LogP) is 2.96. The van der Waals surface area contributed by atoms with Crippen molar-refractivity contribution in [2.75, 3.05) is 13.7 Å². The fourth-order valence-corrected chi connectivity index (χ4v) is 2.15. The third-order valence-corrected chi connectivity index (χ3v) is 3.27. The summed E-state index contributed by atoms with van der Waals surface area (Å²) < 4.78 is 4.47. The van der Waals surface area contributed by atoms with Crippen molar-refractivity contribution >= 4 is 35.1 Å². The van der Waals surface area contributed by atoms with E-state index in [1.165, 1.54) is 13.3 Å². The van der Waals surface area contributed by atoms with E-state index in [4.69, 9.17) is 23.2 Å². The highest BCUT2D eigenvalue weighted by Crippen LogP contribution is 2.27. The van der Waals surface area contributed by atoms with Crippen LogP contribution in [-0.4, -0.2) is 30.5 Å². The molecule has 2 aromatic rings. The Morgan fingerprint density at radius 1 is 1.23 bits per heavy atom. The summed E-state index contributed by atoms with van der Waals surface area (Å²) in [5.74, 6) is -1.05. The number of pyridine rings is 1. The molecule has 0 atom stereocenters. The second kappa shape index (κ2) is 7.24. The lowest BCUT2D eigenvalue weighted by molar-refractivity contribution is -0.139. The third kappa shape index (κ3) is 3.96. The van der Waals surface area contributed by atoms with Gasteiger partial charge in [-0.15, -0.1) is 0 Å². The molecule has 0 unspecified atom stereocenters. The Morgan fingerprint density at radius 3 is 2.68 bits per heavy atom. The third-order valence-electron chi connectivity index (χ3n) is 2.83. The smallest absolute Gasteiger partial charge is 0.325 e. The van der Waals surface area contributed by atoms with E-state index < -0.39 is 11.9 Å². The van der Waals surface area contributed by atoms with Gasteiger partial charge in [-0.25, -0.2) is 4.98 Å². The highest BCUT2D eigenvalue weighted by Gasteiger charge is 2.16. The molecule has 1 amide bonds. The first kappa shape index (κ1) is 16.3. The fourth-order valence-electron chi connectivity index (χ4n) is 1.80. The average molecular weight is 339 g/mol. The molecular formula is C15H12Cl2N2O3. The molecular weight excluding hydrogens is 327 g/mol. The van der Waals surface area contributed by atoms with E-state index in [-0.39, 0.29) is 12.2 Å². The lowest BCUT2D eigenvalue weighted by Gasteiger charge is -2.10. The number of carbonyl (C=O) groups excluding carboxylic acids is 2. The molecule has 2 rings (SSSR count). The molecule has 1 N–H and O–H groups in total. The number of aromatic nitrogens is 1. The van der Waals surface area contributed by atoms with Gasteiger partial charge in [-0.2, -0.15) is 0 Å². The van der Waals surface area contributed by atoms with Gasteiger partial charge in [0.15, 0.2) is 0 Å². The second-order valence-electron chi connectivity index (χ2n) is 4.32. The van der Waals surface area contributed by atoms with Gasteiger partial charge in [0.25, 0.3) is 5.91 Å². The summed E-state index contributed by atoms with van der Waals surface area (Å²) in [6.45, 7) is -0.241. The van der Waals surface area contributed by atoms with Crippen molar-refractivity contribution in [2.45, 2.75) is 0 Å². The maximum atomic E-state index is 12.2. The number of carbonyl (C=O) groups is 2. The lowest BCUT2D eigenvalue weighted by atomic mass is 10.0. The average Bonchev–Trinajstić information content (AvgIpc) is 2.52. The molecule has 22 heavy (non-hydrogen) atoms. The van der Waals surface area contributed by atoms with Gasteiger partial charge in [0.2, 0.25) is 0 Å². The van der Waals surface area contributed by atoms with Crippen LogP contribution in [0.5, 0.6) is 0 Å². The molecule has 1 heterocycles. The minimum Gasteiger partial charge on any atom is -0.468 e. The number of amides is 1. The minimum absolute atomic E-state index is 0.149. The van der Waals surface area contributed by atoms with Crippen LogP contribution >= 0.6 is 23.2 Å². The maximum absolute atomic E-state index is 12.2. The molecule has 0 saturated heterocycles. The van der Waals surface area contributed by atoms with Gasteiger partial charge in [-0.05, 0) is 23.8 Å². The maximum Gasteiger partial charge on any atom is 0.325 e. The SMILES string of the molecule is COC(=O)CNC(=O)c1ncc(Cl)cc1-c1cccc(Cl)c1. The molecule has 7 heteroatoms. The summed E-state index contributed by atoms with van der Waals surface area (Å²) in [7, 11) is 1.24. The lowest BCUT2D eigenvalue weighted by Crippen LogP contribution is -2.31. The first-order valence-corrected chi connectivity index (χ1v) is 7.03. The minimum atomic E-state index is -0.549. The summed E-state index contributed by atoms with van der Waals surface area (Å²) in [5, 5.41) is 3.36. The van der Waals surface area contributed by atoms with Crippen LogP contribution < -0.4 is 5.32 Å². The quantitative estimate of drug-likeness (QED) is 0.870. The Balaban J connectivity index is 2.36. The Hall–Kier alpha value is -2.11. The second-order valence-corrected chi connectivity index (χ2v) is 5.19. The summed E-state index contributed by atoms with van der Waals surface area (Å²) in [6.07, 6.45) is 1.36. The van der Waals surface area contributed by atoms with E-state index in [1.807, 2.05) is 0 Å². The molecule has 114 valence electrons. The summed E-state index contributed by atoms with van der Waals surface area (Å²) >= 11 is 11.9. The first-order valence-electron chi connectivity index (χ1n) is 6.27. The number of methoxy groups -OCH3 is 1. The van der Waals surface area contributed by atoms with Crippen LogP contribution in [0.15, 0.2) is 36.5 Å². The molecule has 0 aliphatic heterocycles. The van der Waals surface area contributed by atoms with Crippen molar-refractivity contribution in [3.05, 3.63) is 52.3 Å². The number of halogens is 2. The van der Waals surface area contributed by atoms with Crippen molar-refractivity contribution in [3.8, 4) is 11.1 Å². The number of hydrogen-bond donors (Lipinski definition) is 1. The monoisotopic (exact) mass is 338 g/mol. The van der Waals surface area contributed by atoms with E-state index in [9.17, 15) is 9.59 Å². The van der Waals surface area contributed by atoms with Gasteiger partial charge in [0, 0.05) is 16.8 Å². The normalized spacial score (nSPS) is 10.1. The number of hydrogen-bond acceptors (Lipinski definition) is 4. The standard InChI is InChI=1S/C15H12Cl2N2O3/c1-22-13(20)8-19-15(21)14-12(6-11(17)7-18-14)9-3-2-4-10(16)5-9/h2-7H,8H2,1H3,(H,19,21). The Bertz CT molecular complexity index is 720. The van der Waals surface area contributed by atoms with Gasteiger partial charge in [0.1, 0.15) is 12.2 Å². The Morgan fingerprint density at radius 2 is 2.00 bits per heavy atom. The zero-order chi connectivity index (χ0) is 16.1. The summed E-state index contributed by atoms with van der Waals surface area (Å²) in [6, 6.07) is 8.59. The number of rotatable bonds is 4. The number of nitrogens with one attached hydrogen (secondary N) is 1. The number of esters is 1. The first-order chi connectivity index (χ1) is 10.5. The Kier molecular flexibility index (Phi) is 5.35. The van der Waals surface area contributed by atoms with Crippen LogP contribution in [0.25, 0.3) is 11.1 Å². The van der Waals surface area contributed by atoms with Crippen molar-refractivity contribution in [2.24, 2.45) is 0 Å². The van der Waals surface area contributed by atoms with Crippen LogP contribution in [0, 0.1) is 0 Å². The van der Waals surface area contributed by atoms with Crippen molar-refractivity contribution < 1.29 is 14.3 Å². The predicted molar refractivity (Wildman–Crippen MR) is 84.0 cm³/mol. The number of nitrogens with zero attached hydrogens (tertiary/aromatic N) is 1. The zero-order valence-corrected chi connectivity index (χ0v) is 13.1. The number of ether oxygens (including phenoxy) is 1. The van der Waals surface area contributed by atoms with Crippen molar-refractivity contribution in [1.82, 2.24) is 10.3 Å². The van der Waals surface area contributed by atoms with E-state index in [0.29, 0.717) is 21.2 Å². The van der Waals surface area contributed by atoms with Gasteiger partial charge >= 0.3 is 5.97 Å². The molecule has 1 aromatic heterocycles. The van der Waals surface area contributed by atoms with Crippen LogP contribution in [0.3, 0.4) is 0 Å². The van der Waals surface area contributed by atoms with Gasteiger partial charge in [-0.1, -0.05) is 35.3 Å². The van der Waals surface area contributed by atoms with Crippen LogP contribution in [-0.2, 0) is 9.53 Å². The number of benzene rings is 1. The molecule has 0 radical (unpaired) electrons. The zero-order valence-electron chi connectivity index (χ0n) is 11.6. The highest BCUT2D eigenvalue weighted by molar-refractivity contribution is 6.31. The van der Waals surface area contributed by atoms with E-state index >= 15 is 0 Å². The van der Waals surface area contributed by atoms with E-state index in [2.05, 4.69) is 15.0 Å². The van der Waals surface area contributed by atoms with Crippen molar-refractivity contribution in [3.63, 3.8) is 0 Å². The molecule has 1 aromatic carbocycles. The topological polar surface area (TPSA) is 68.3 Å². The van der Waals surface area contributed by atoms with Gasteiger partial charge < -0.3 is 10.1 Å². The molecule has 0 aliphatic rings. The molecule has 0 spiro atoms. The van der Waals surface area contributed by atoms with Crippen LogP contribution in [0.4, 0.5) is 0 Å². The highest BCUT2D eigenvalue weighted by atomic mass is 35.5. The fraction of sp³-hybridized carbons (Fsp3) is 0.133. The van der Waals surface area contributed by atoms with Gasteiger partial charge in [-0.3, -0.25) is 9.59 Å². The molecule has 0 aliphatic carbocycles.